The minimum atomic E-state index is -0.561. The van der Waals surface area contributed by atoms with Crippen LogP contribution >= 0.6 is 23.5 Å². The summed E-state index contributed by atoms with van der Waals surface area (Å²) >= 11 is 3.71. The van der Waals surface area contributed by atoms with Crippen molar-refractivity contribution in [3.63, 3.8) is 0 Å². The Morgan fingerprint density at radius 3 is 1.70 bits per heavy atom. The van der Waals surface area contributed by atoms with Gasteiger partial charge in [0, 0.05) is 60.5 Å². The molecule has 0 radical (unpaired) electrons. The number of urea groups is 1. The lowest BCUT2D eigenvalue weighted by Gasteiger charge is -2.35. The molecule has 276 valence electrons. The number of hydrogen-bond acceptors (Lipinski definition) is 14. The fraction of sp³-hybridized carbons (Fsp3) is 0.750. The zero-order valence-electron chi connectivity index (χ0n) is 29.0. The first kappa shape index (κ1) is 37.7. The molecule has 6 aliphatic rings. The van der Waals surface area contributed by atoms with Gasteiger partial charge in [-0.3, -0.25) is 19.2 Å². The largest absolute Gasteiger partial charge is 0.370 e. The molecule has 0 bridgehead atoms. The van der Waals surface area contributed by atoms with Crippen molar-refractivity contribution in [3.05, 3.63) is 0 Å². The lowest BCUT2D eigenvalue weighted by atomic mass is 9.79. The molecule has 6 rings (SSSR count). The molecule has 6 heterocycles. The average Bonchev–Trinajstić information content (AvgIpc) is 3.78. The van der Waals surface area contributed by atoms with Crippen LogP contribution in [-0.4, -0.2) is 102 Å². The van der Waals surface area contributed by atoms with Crippen molar-refractivity contribution in [2.75, 3.05) is 11.5 Å². The Hall–Kier alpha value is -3.54. The second-order valence-corrected chi connectivity index (χ2v) is 16.8. The predicted molar refractivity (Wildman–Crippen MR) is 184 cm³/mol. The van der Waals surface area contributed by atoms with Crippen molar-refractivity contribution in [2.45, 2.75) is 137 Å². The fourth-order valence-electron chi connectivity index (χ4n) is 7.24. The highest BCUT2D eigenvalue weighted by Gasteiger charge is 2.61. The number of nitrogens with two attached hydrogens (primary N) is 1. The zero-order valence-corrected chi connectivity index (χ0v) is 30.6. The van der Waals surface area contributed by atoms with Crippen LogP contribution in [-0.2, 0) is 38.4 Å². The van der Waals surface area contributed by atoms with Gasteiger partial charge in [-0.15, -0.1) is 10.1 Å². The number of hydroxylamine groups is 4. The molecule has 5 N–H and O–H groups in total. The van der Waals surface area contributed by atoms with Crippen LogP contribution in [0, 0.1) is 0 Å². The first-order valence-electron chi connectivity index (χ1n) is 17.1. The molecule has 2 unspecified atom stereocenters. The molecule has 5 fully saturated rings. The summed E-state index contributed by atoms with van der Waals surface area (Å²) in [6.45, 7) is 8.39. The maximum atomic E-state index is 11.8. The molecular weight excluding hydrogens is 691 g/mol. The van der Waals surface area contributed by atoms with Crippen LogP contribution in [0.15, 0.2) is 4.99 Å². The van der Waals surface area contributed by atoms with Crippen LogP contribution in [0.25, 0.3) is 0 Å². The number of aliphatic imine (C=N–C) groups is 1. The molecule has 6 amide bonds. The van der Waals surface area contributed by atoms with Crippen LogP contribution in [0.3, 0.4) is 0 Å². The fourth-order valence-corrected chi connectivity index (χ4v) is 11.0. The summed E-state index contributed by atoms with van der Waals surface area (Å²) in [7, 11) is 0. The lowest BCUT2D eigenvalue weighted by molar-refractivity contribution is -0.197. The van der Waals surface area contributed by atoms with Crippen molar-refractivity contribution >= 4 is 71.1 Å². The number of carbonyl (C=O) groups excluding carboxylic acids is 7. The van der Waals surface area contributed by atoms with Crippen molar-refractivity contribution in [2.24, 2.45) is 10.7 Å². The van der Waals surface area contributed by atoms with E-state index in [1.807, 2.05) is 23.5 Å². The van der Waals surface area contributed by atoms with E-state index < -0.39 is 35.6 Å². The number of thioether (sulfide) groups is 2. The molecule has 6 atom stereocenters. The van der Waals surface area contributed by atoms with Crippen LogP contribution in [0.2, 0.25) is 0 Å². The van der Waals surface area contributed by atoms with E-state index in [0.717, 1.165) is 37.2 Å². The summed E-state index contributed by atoms with van der Waals surface area (Å²) in [5.41, 5.74) is 4.94. The first-order chi connectivity index (χ1) is 23.5. The summed E-state index contributed by atoms with van der Waals surface area (Å²) in [6.07, 6.45) is 5.46. The minimum absolute atomic E-state index is 0.0993. The topological polar surface area (TPSA) is 219 Å². The van der Waals surface area contributed by atoms with Gasteiger partial charge in [0.2, 0.25) is 0 Å². The third-order valence-corrected chi connectivity index (χ3v) is 14.5. The number of unbranched alkanes of at least 4 members (excludes halogenated alkanes) is 2. The summed E-state index contributed by atoms with van der Waals surface area (Å²) < 4.78 is 0. The minimum Gasteiger partial charge on any atom is -0.370 e. The van der Waals surface area contributed by atoms with Crippen LogP contribution in [0.4, 0.5) is 4.79 Å². The average molecular weight is 738 g/mol. The molecule has 16 nitrogen and oxygen atoms in total. The Balaban J connectivity index is 0.000000194. The number of hydrogen-bond donors (Lipinski definition) is 4. The van der Waals surface area contributed by atoms with Gasteiger partial charge >= 0.3 is 18.0 Å². The Labute approximate surface area is 299 Å². The number of guanidine groups is 1. The predicted octanol–water partition coefficient (Wildman–Crippen LogP) is 1.80. The molecule has 5 saturated heterocycles. The van der Waals surface area contributed by atoms with E-state index in [1.165, 1.54) is 0 Å². The number of nitrogens with zero attached hydrogens (tertiary/aromatic N) is 3. The molecule has 0 saturated carbocycles. The molecule has 0 aromatic heterocycles. The summed E-state index contributed by atoms with van der Waals surface area (Å²) in [6, 6.07) is -0.126. The van der Waals surface area contributed by atoms with Gasteiger partial charge < -0.3 is 31.4 Å². The number of amides is 6. The molecule has 0 spiro atoms. The SMILES string of the molecule is C[C@]12CSC(CCCCC(=O)ON3C(=O)CCC3=O)[C@@]1(C)N=C(N)N2.C[C@]12CSC(CCCCC(=O)ON3C(=O)CCC3=O)[C@@]1(C)NC(=O)N2. The lowest BCUT2D eigenvalue weighted by Crippen LogP contribution is -2.58. The van der Waals surface area contributed by atoms with E-state index in [0.29, 0.717) is 34.2 Å². The zero-order chi connectivity index (χ0) is 36.5. The third kappa shape index (κ3) is 7.41. The van der Waals surface area contributed by atoms with Crippen molar-refractivity contribution in [1.29, 1.82) is 0 Å². The maximum Gasteiger partial charge on any atom is 0.333 e. The van der Waals surface area contributed by atoms with Crippen LogP contribution < -0.4 is 21.7 Å². The van der Waals surface area contributed by atoms with E-state index in [2.05, 4.69) is 48.6 Å². The van der Waals surface area contributed by atoms with E-state index in [1.54, 1.807) is 0 Å². The Morgan fingerprint density at radius 1 is 0.720 bits per heavy atom. The van der Waals surface area contributed by atoms with Gasteiger partial charge in [-0.05, 0) is 53.4 Å². The summed E-state index contributed by atoms with van der Waals surface area (Å²) in [4.78, 5) is 95.3. The molecule has 0 aliphatic carbocycles. The quantitative estimate of drug-likeness (QED) is 0.128. The number of imide groups is 2. The van der Waals surface area contributed by atoms with E-state index in [9.17, 15) is 33.6 Å². The second kappa shape index (κ2) is 14.6. The Kier molecular flexibility index (Phi) is 11.0. The van der Waals surface area contributed by atoms with Crippen LogP contribution in [0.5, 0.6) is 0 Å². The Bertz CT molecular complexity index is 1450. The monoisotopic (exact) mass is 737 g/mol. The third-order valence-electron chi connectivity index (χ3n) is 10.8. The van der Waals surface area contributed by atoms with Gasteiger partial charge in [-0.25, -0.2) is 19.4 Å². The van der Waals surface area contributed by atoms with Gasteiger partial charge in [-0.1, -0.05) is 12.8 Å². The van der Waals surface area contributed by atoms with E-state index in [4.69, 9.17) is 15.4 Å². The van der Waals surface area contributed by atoms with Crippen molar-refractivity contribution in [1.82, 2.24) is 26.1 Å². The molecular formula is C32H47N7O9S2. The summed E-state index contributed by atoms with van der Waals surface area (Å²) in [5, 5.41) is 11.1. The van der Waals surface area contributed by atoms with Crippen molar-refractivity contribution in [3.8, 4) is 0 Å². The molecule has 50 heavy (non-hydrogen) atoms. The maximum absolute atomic E-state index is 11.8. The number of fused-ring (bicyclic) bond motifs is 2. The molecule has 6 aliphatic heterocycles. The highest BCUT2D eigenvalue weighted by atomic mass is 32.2. The van der Waals surface area contributed by atoms with Crippen LogP contribution in [0.1, 0.15) is 105 Å². The molecule has 0 aromatic carbocycles. The van der Waals surface area contributed by atoms with Gasteiger partial charge in [0.1, 0.15) is 0 Å². The number of nitrogens with one attached hydrogen (secondary N) is 3. The second-order valence-electron chi connectivity index (χ2n) is 14.4. The normalized spacial score (nSPS) is 34.1. The smallest absolute Gasteiger partial charge is 0.333 e. The van der Waals surface area contributed by atoms with E-state index >= 15 is 0 Å². The first-order valence-corrected chi connectivity index (χ1v) is 19.2. The van der Waals surface area contributed by atoms with Gasteiger partial charge in [0.25, 0.3) is 23.6 Å². The van der Waals surface area contributed by atoms with Gasteiger partial charge in [0.05, 0.1) is 22.2 Å². The Morgan fingerprint density at radius 2 is 1.18 bits per heavy atom. The highest BCUT2D eigenvalue weighted by Crippen LogP contribution is 2.50. The standard InChI is InChI=1S/C16H24N4O4S.C16H23N3O5S/c1-15-9-25-10(16(15,2)19-14(17)18-15)5-3-4-6-13(23)24-20-11(21)7-8-12(20)22;1-15-9-25-10(16(15,2)18-14(23)17-15)5-3-4-6-13(22)24-19-11(20)7-8-12(19)21/h10H,3-9H2,1-2H3,(H3,17,18,19);10H,3-9H2,1-2H3,(H2,17,18,23)/t2*10?,15-,16+/m00/s1. The molecule has 0 aromatic rings. The van der Waals surface area contributed by atoms with Gasteiger partial charge in [-0.2, -0.15) is 23.5 Å². The number of rotatable bonds is 12. The summed E-state index contributed by atoms with van der Waals surface area (Å²) in [5.74, 6) is -0.617. The number of carbonyl (C=O) groups is 7. The highest BCUT2D eigenvalue weighted by molar-refractivity contribution is 8.00. The van der Waals surface area contributed by atoms with E-state index in [-0.39, 0.29) is 72.0 Å². The van der Waals surface area contributed by atoms with Gasteiger partial charge in [0.15, 0.2) is 5.96 Å². The molecule has 18 heteroatoms. The van der Waals surface area contributed by atoms with Crippen molar-refractivity contribution < 1.29 is 43.2 Å².